The van der Waals surface area contributed by atoms with Gasteiger partial charge < -0.3 is 4.74 Å². The van der Waals surface area contributed by atoms with Crippen LogP contribution in [0.5, 0.6) is 0 Å². The summed E-state index contributed by atoms with van der Waals surface area (Å²) in [7, 11) is 0. The Morgan fingerprint density at radius 3 is 2.32 bits per heavy atom. The lowest BCUT2D eigenvalue weighted by Crippen LogP contribution is -2.42. The van der Waals surface area contributed by atoms with Crippen LogP contribution in [0.3, 0.4) is 0 Å². The summed E-state index contributed by atoms with van der Waals surface area (Å²) >= 11 is 0. The average Bonchev–Trinajstić information content (AvgIpc) is 2.29. The molecule has 0 aliphatic heterocycles. The summed E-state index contributed by atoms with van der Waals surface area (Å²) in [5.74, 6) is -1.23. The molecule has 0 aromatic heterocycles. The number of hydrogen-bond acceptors (Lipinski definition) is 4. The van der Waals surface area contributed by atoms with Crippen molar-refractivity contribution >= 4 is 11.9 Å². The minimum absolute atomic E-state index is 0.303. The summed E-state index contributed by atoms with van der Waals surface area (Å²) in [6.07, 6.45) is 2.21. The van der Waals surface area contributed by atoms with E-state index < -0.39 is 23.6 Å². The van der Waals surface area contributed by atoms with E-state index in [-0.39, 0.29) is 5.91 Å². The Morgan fingerprint density at radius 2 is 1.95 bits per heavy atom. The zero-order valence-electron chi connectivity index (χ0n) is 12.5. The summed E-state index contributed by atoms with van der Waals surface area (Å²) in [6.45, 7) is 12.4. The first-order valence-corrected chi connectivity index (χ1v) is 6.49. The lowest BCUT2D eigenvalue weighted by atomic mass is 9.96. The number of carbonyl (C=O) groups is 2. The summed E-state index contributed by atoms with van der Waals surface area (Å²) < 4.78 is 5.09. The summed E-state index contributed by atoms with van der Waals surface area (Å²) in [4.78, 5) is 28.4. The lowest BCUT2D eigenvalue weighted by molar-refractivity contribution is -0.158. The summed E-state index contributed by atoms with van der Waals surface area (Å²) in [5, 5.41) is 0. The Labute approximate surface area is 115 Å². The Hall–Kier alpha value is -1.36. The second kappa shape index (κ2) is 7.94. The molecule has 0 fully saturated rings. The normalized spacial score (nSPS) is 14.4. The van der Waals surface area contributed by atoms with E-state index in [1.807, 2.05) is 27.7 Å². The molecule has 0 aromatic carbocycles. The Kier molecular flexibility index (Phi) is 7.37. The first kappa shape index (κ1) is 17.6. The van der Waals surface area contributed by atoms with Crippen LogP contribution in [0.25, 0.3) is 0 Å². The van der Waals surface area contributed by atoms with Gasteiger partial charge in [-0.1, -0.05) is 26.0 Å². The molecular formula is C14H25NO4. The fourth-order valence-corrected chi connectivity index (χ4v) is 1.52. The number of esters is 1. The number of rotatable bonds is 7. The zero-order chi connectivity index (χ0) is 15.1. The van der Waals surface area contributed by atoms with Gasteiger partial charge in [0.05, 0.1) is 11.5 Å². The van der Waals surface area contributed by atoms with Gasteiger partial charge >= 0.3 is 5.97 Å². The molecule has 19 heavy (non-hydrogen) atoms. The van der Waals surface area contributed by atoms with Crippen molar-refractivity contribution in [2.75, 3.05) is 0 Å². The molecule has 1 amide bonds. The Balaban J connectivity index is 4.72. The highest BCUT2D eigenvalue weighted by Gasteiger charge is 2.29. The highest BCUT2D eigenvalue weighted by molar-refractivity contribution is 5.79. The van der Waals surface area contributed by atoms with Crippen LogP contribution in [0.4, 0.5) is 0 Å². The third-order valence-corrected chi connectivity index (χ3v) is 2.33. The predicted molar refractivity (Wildman–Crippen MR) is 73.1 cm³/mol. The first-order chi connectivity index (χ1) is 8.71. The molecule has 5 heteroatoms. The van der Waals surface area contributed by atoms with E-state index in [0.29, 0.717) is 6.42 Å². The fraction of sp³-hybridized carbons (Fsp3) is 0.714. The van der Waals surface area contributed by atoms with Crippen LogP contribution in [0.15, 0.2) is 12.7 Å². The number of hydroxylamine groups is 1. The molecule has 5 nitrogen and oxygen atoms in total. The van der Waals surface area contributed by atoms with Crippen molar-refractivity contribution < 1.29 is 19.2 Å². The Morgan fingerprint density at radius 1 is 1.37 bits per heavy atom. The summed E-state index contributed by atoms with van der Waals surface area (Å²) in [5.41, 5.74) is 1.94. The Bertz CT molecular complexity index is 320. The van der Waals surface area contributed by atoms with Crippen molar-refractivity contribution in [1.29, 1.82) is 0 Å². The van der Waals surface area contributed by atoms with Gasteiger partial charge in [0, 0.05) is 6.92 Å². The molecule has 0 spiro atoms. The molecule has 110 valence electrons. The molecule has 0 aliphatic rings. The number of hydrogen-bond donors (Lipinski definition) is 1. The number of amides is 1. The van der Waals surface area contributed by atoms with E-state index >= 15 is 0 Å². The van der Waals surface area contributed by atoms with E-state index in [1.54, 1.807) is 0 Å². The number of nitrogens with one attached hydrogen (secondary N) is 1. The second-order valence-corrected chi connectivity index (χ2v) is 5.39. The molecule has 0 saturated carbocycles. The molecule has 0 bridgehead atoms. The zero-order valence-corrected chi connectivity index (χ0v) is 12.5. The highest BCUT2D eigenvalue weighted by Crippen LogP contribution is 2.17. The smallest absolute Gasteiger partial charge is 0.303 e. The van der Waals surface area contributed by atoms with Gasteiger partial charge in [-0.25, -0.2) is 5.48 Å². The lowest BCUT2D eigenvalue weighted by Gasteiger charge is -2.25. The maximum Gasteiger partial charge on any atom is 0.303 e. The van der Waals surface area contributed by atoms with Gasteiger partial charge in [-0.05, 0) is 27.2 Å². The monoisotopic (exact) mass is 271 g/mol. The second-order valence-electron chi connectivity index (χ2n) is 5.39. The van der Waals surface area contributed by atoms with E-state index in [2.05, 4.69) is 12.1 Å². The number of carbonyl (C=O) groups excluding carboxylic acids is 2. The maximum absolute atomic E-state index is 12.1. The van der Waals surface area contributed by atoms with Crippen molar-refractivity contribution in [3.63, 3.8) is 0 Å². The standard InChI is InChI=1S/C14H25NO4/c1-7-9-11(12(8-2)18-10(3)16)13(17)15-19-14(4,5)6/h8,11-12H,2,7,9H2,1,3-6H3,(H,15,17)/t11-,12+/m0/s1. The van der Waals surface area contributed by atoms with Crippen LogP contribution in [-0.2, 0) is 19.2 Å². The van der Waals surface area contributed by atoms with Crippen LogP contribution >= 0.6 is 0 Å². The van der Waals surface area contributed by atoms with E-state index in [0.717, 1.165) is 6.42 Å². The fourth-order valence-electron chi connectivity index (χ4n) is 1.52. The largest absolute Gasteiger partial charge is 0.457 e. The van der Waals surface area contributed by atoms with Crippen LogP contribution < -0.4 is 5.48 Å². The van der Waals surface area contributed by atoms with Crippen LogP contribution in [-0.4, -0.2) is 23.6 Å². The quantitative estimate of drug-likeness (QED) is 0.438. The first-order valence-electron chi connectivity index (χ1n) is 6.49. The van der Waals surface area contributed by atoms with E-state index in [4.69, 9.17) is 9.57 Å². The molecule has 0 heterocycles. The van der Waals surface area contributed by atoms with Gasteiger partial charge in [0.25, 0.3) is 5.91 Å². The molecule has 2 atom stereocenters. The minimum atomic E-state index is -0.638. The highest BCUT2D eigenvalue weighted by atomic mass is 16.7. The molecule has 1 N–H and O–H groups in total. The van der Waals surface area contributed by atoms with Gasteiger partial charge in [-0.3, -0.25) is 14.4 Å². The molecule has 0 rings (SSSR count). The molecule has 0 radical (unpaired) electrons. The van der Waals surface area contributed by atoms with Gasteiger partial charge in [-0.2, -0.15) is 0 Å². The SMILES string of the molecule is C=C[C@@H](OC(C)=O)[C@H](CCC)C(=O)NOC(C)(C)C. The molecule has 0 unspecified atom stereocenters. The molecule has 0 aliphatic carbocycles. The topological polar surface area (TPSA) is 64.6 Å². The average molecular weight is 271 g/mol. The van der Waals surface area contributed by atoms with E-state index in [9.17, 15) is 9.59 Å². The third-order valence-electron chi connectivity index (χ3n) is 2.33. The third kappa shape index (κ3) is 7.62. The van der Waals surface area contributed by atoms with E-state index in [1.165, 1.54) is 13.0 Å². The van der Waals surface area contributed by atoms with Gasteiger partial charge in [0.15, 0.2) is 0 Å². The molecule has 0 aromatic rings. The van der Waals surface area contributed by atoms with Crippen molar-refractivity contribution in [1.82, 2.24) is 5.48 Å². The maximum atomic E-state index is 12.1. The predicted octanol–water partition coefficient (Wildman–Crippen LogP) is 2.37. The van der Waals surface area contributed by atoms with Gasteiger partial charge in [0.1, 0.15) is 6.10 Å². The van der Waals surface area contributed by atoms with Crippen molar-refractivity contribution in [3.05, 3.63) is 12.7 Å². The molecular weight excluding hydrogens is 246 g/mol. The minimum Gasteiger partial charge on any atom is -0.457 e. The molecule has 0 saturated heterocycles. The summed E-state index contributed by atoms with van der Waals surface area (Å²) in [6, 6.07) is 0. The number of ether oxygens (including phenoxy) is 1. The van der Waals surface area contributed by atoms with Crippen LogP contribution in [0, 0.1) is 5.92 Å². The van der Waals surface area contributed by atoms with Crippen LogP contribution in [0.2, 0.25) is 0 Å². The van der Waals surface area contributed by atoms with Crippen molar-refractivity contribution in [3.8, 4) is 0 Å². The van der Waals surface area contributed by atoms with Crippen LogP contribution in [0.1, 0.15) is 47.5 Å². The van der Waals surface area contributed by atoms with Crippen molar-refractivity contribution in [2.24, 2.45) is 5.92 Å². The van der Waals surface area contributed by atoms with Crippen molar-refractivity contribution in [2.45, 2.75) is 59.2 Å². The van der Waals surface area contributed by atoms with Gasteiger partial charge in [-0.15, -0.1) is 0 Å². The van der Waals surface area contributed by atoms with Gasteiger partial charge in [0.2, 0.25) is 0 Å².